The maximum Gasteiger partial charge on any atom is 0.410 e. The molecule has 8 heteroatoms. The zero-order valence-corrected chi connectivity index (χ0v) is 17.4. The summed E-state index contributed by atoms with van der Waals surface area (Å²) in [6.45, 7) is 9.02. The number of amides is 3. The smallest absolute Gasteiger partial charge is 0.410 e. The van der Waals surface area contributed by atoms with Crippen LogP contribution in [0.4, 0.5) is 16.2 Å². The first-order valence-electron chi connectivity index (χ1n) is 9.93. The van der Waals surface area contributed by atoms with Crippen molar-refractivity contribution in [2.24, 2.45) is 5.92 Å². The first kappa shape index (κ1) is 21.1. The highest BCUT2D eigenvalue weighted by molar-refractivity contribution is 5.98. The number of hydrogen-bond acceptors (Lipinski definition) is 5. The zero-order valence-electron chi connectivity index (χ0n) is 17.4. The summed E-state index contributed by atoms with van der Waals surface area (Å²) in [5, 5.41) is 2.88. The van der Waals surface area contributed by atoms with E-state index in [1.54, 1.807) is 49.9 Å². The Morgan fingerprint density at radius 3 is 2.52 bits per heavy atom. The molecule has 0 unspecified atom stereocenters. The predicted molar refractivity (Wildman–Crippen MR) is 109 cm³/mol. The fraction of sp³-hybridized carbons (Fsp3) is 0.571. The number of nitrogens with one attached hydrogen (secondary N) is 1. The molecule has 0 radical (unpaired) electrons. The predicted octanol–water partition coefficient (Wildman–Crippen LogP) is 2.63. The molecule has 0 bridgehead atoms. The Morgan fingerprint density at radius 1 is 1.21 bits per heavy atom. The highest BCUT2D eigenvalue weighted by Crippen LogP contribution is 2.27. The summed E-state index contributed by atoms with van der Waals surface area (Å²) in [7, 11) is 0. The van der Waals surface area contributed by atoms with E-state index in [0.717, 1.165) is 5.69 Å². The largest absolute Gasteiger partial charge is 0.444 e. The van der Waals surface area contributed by atoms with Gasteiger partial charge in [-0.15, -0.1) is 0 Å². The van der Waals surface area contributed by atoms with Gasteiger partial charge in [-0.2, -0.15) is 0 Å². The average Bonchev–Trinajstić information content (AvgIpc) is 3.04. The highest BCUT2D eigenvalue weighted by atomic mass is 16.6. The first-order valence-corrected chi connectivity index (χ1v) is 9.93. The molecule has 0 saturated carbocycles. The lowest BCUT2D eigenvalue weighted by molar-refractivity contribution is -0.125. The number of benzene rings is 1. The summed E-state index contributed by atoms with van der Waals surface area (Å²) in [4.78, 5) is 40.5. The molecule has 0 aromatic heterocycles. The van der Waals surface area contributed by atoms with Crippen LogP contribution in [0.15, 0.2) is 24.3 Å². The molecule has 2 atom stereocenters. The van der Waals surface area contributed by atoms with Crippen molar-refractivity contribution in [3.05, 3.63) is 24.3 Å². The second-order valence-electron chi connectivity index (χ2n) is 8.62. The van der Waals surface area contributed by atoms with Crippen molar-refractivity contribution in [3.8, 4) is 0 Å². The van der Waals surface area contributed by atoms with Gasteiger partial charge in [0.1, 0.15) is 18.2 Å². The van der Waals surface area contributed by atoms with Crippen LogP contribution in [0.1, 0.15) is 34.1 Å². The summed E-state index contributed by atoms with van der Waals surface area (Å²) >= 11 is 0. The third-order valence-corrected chi connectivity index (χ3v) is 4.87. The summed E-state index contributed by atoms with van der Waals surface area (Å²) < 4.78 is 10.6. The number of likely N-dealkylation sites (tertiary alicyclic amines) is 1. The topological polar surface area (TPSA) is 88.2 Å². The van der Waals surface area contributed by atoms with Gasteiger partial charge < -0.3 is 19.7 Å². The fourth-order valence-corrected chi connectivity index (χ4v) is 3.56. The Morgan fingerprint density at radius 2 is 1.90 bits per heavy atom. The second kappa shape index (κ2) is 8.41. The van der Waals surface area contributed by atoms with Gasteiger partial charge in [-0.3, -0.25) is 14.5 Å². The van der Waals surface area contributed by atoms with Crippen LogP contribution in [0, 0.1) is 5.92 Å². The minimum absolute atomic E-state index is 0.0822. The molecule has 2 saturated heterocycles. The van der Waals surface area contributed by atoms with Crippen molar-refractivity contribution in [1.82, 2.24) is 4.90 Å². The summed E-state index contributed by atoms with van der Waals surface area (Å²) in [6.07, 6.45) is 0.119. The number of nitrogens with zero attached hydrogens (tertiary/aromatic N) is 2. The van der Waals surface area contributed by atoms with E-state index in [2.05, 4.69) is 5.32 Å². The van der Waals surface area contributed by atoms with E-state index in [0.29, 0.717) is 31.8 Å². The van der Waals surface area contributed by atoms with E-state index in [-0.39, 0.29) is 24.3 Å². The van der Waals surface area contributed by atoms with Gasteiger partial charge in [0.25, 0.3) is 5.91 Å². The molecule has 2 aliphatic rings. The standard InChI is InChI=1S/C21H29N3O5/c1-14-11-17(24(12-14)20(27)29-21(2,3)4)19(26)22-15-5-7-16(8-6-15)23-9-10-28-13-18(23)25/h5-8,14,17H,9-13H2,1-4H3,(H,22,26)/t14-,17+/m0/s1. The summed E-state index contributed by atoms with van der Waals surface area (Å²) in [5.74, 6) is -0.107. The molecule has 1 aromatic carbocycles. The van der Waals surface area contributed by atoms with Crippen LogP contribution >= 0.6 is 0 Å². The van der Waals surface area contributed by atoms with Crippen molar-refractivity contribution in [2.45, 2.75) is 45.8 Å². The molecule has 3 rings (SSSR count). The minimum Gasteiger partial charge on any atom is -0.444 e. The van der Waals surface area contributed by atoms with Crippen molar-refractivity contribution < 1.29 is 23.9 Å². The fourth-order valence-electron chi connectivity index (χ4n) is 3.56. The Labute approximate surface area is 171 Å². The summed E-state index contributed by atoms with van der Waals surface area (Å²) in [5.41, 5.74) is 0.765. The molecular formula is C21H29N3O5. The molecular weight excluding hydrogens is 374 g/mol. The van der Waals surface area contributed by atoms with E-state index >= 15 is 0 Å². The summed E-state index contributed by atoms with van der Waals surface area (Å²) in [6, 6.07) is 6.53. The third-order valence-electron chi connectivity index (χ3n) is 4.87. The van der Waals surface area contributed by atoms with E-state index in [4.69, 9.17) is 9.47 Å². The number of ether oxygens (including phenoxy) is 2. The molecule has 8 nitrogen and oxygen atoms in total. The monoisotopic (exact) mass is 403 g/mol. The zero-order chi connectivity index (χ0) is 21.2. The van der Waals surface area contributed by atoms with Gasteiger partial charge in [-0.05, 0) is 57.4 Å². The molecule has 2 aliphatic heterocycles. The maximum absolute atomic E-state index is 12.8. The lowest BCUT2D eigenvalue weighted by atomic mass is 10.1. The van der Waals surface area contributed by atoms with E-state index in [1.165, 1.54) is 4.90 Å². The van der Waals surface area contributed by atoms with Crippen molar-refractivity contribution in [1.29, 1.82) is 0 Å². The molecule has 1 aromatic rings. The average molecular weight is 403 g/mol. The number of anilines is 2. The second-order valence-corrected chi connectivity index (χ2v) is 8.62. The van der Waals surface area contributed by atoms with E-state index in [9.17, 15) is 14.4 Å². The van der Waals surface area contributed by atoms with E-state index < -0.39 is 17.7 Å². The molecule has 2 fully saturated rings. The van der Waals surface area contributed by atoms with Crippen LogP contribution in [0.2, 0.25) is 0 Å². The Kier molecular flexibility index (Phi) is 6.12. The first-order chi connectivity index (χ1) is 13.6. The van der Waals surface area contributed by atoms with Crippen LogP contribution in [0.3, 0.4) is 0 Å². The number of morpholine rings is 1. The Balaban J connectivity index is 1.65. The molecule has 0 aliphatic carbocycles. The highest BCUT2D eigenvalue weighted by Gasteiger charge is 2.39. The lowest BCUT2D eigenvalue weighted by Crippen LogP contribution is -2.45. The third kappa shape index (κ3) is 5.26. The van der Waals surface area contributed by atoms with Gasteiger partial charge in [0.15, 0.2) is 0 Å². The maximum atomic E-state index is 12.8. The molecule has 0 spiro atoms. The SMILES string of the molecule is C[C@H]1C[C@H](C(=O)Nc2ccc(N3CCOCC3=O)cc2)N(C(=O)OC(C)(C)C)C1. The van der Waals surface area contributed by atoms with Crippen molar-refractivity contribution >= 4 is 29.3 Å². The number of carbonyl (C=O) groups excluding carboxylic acids is 3. The van der Waals surface area contributed by atoms with Gasteiger partial charge in [0.05, 0.1) is 6.61 Å². The Bertz CT molecular complexity index is 772. The van der Waals surface area contributed by atoms with Crippen LogP contribution in [-0.4, -0.2) is 60.8 Å². The molecule has 3 amide bonds. The lowest BCUT2D eigenvalue weighted by Gasteiger charge is -2.28. The number of rotatable bonds is 3. The van der Waals surface area contributed by atoms with Gasteiger partial charge in [-0.1, -0.05) is 6.92 Å². The number of carbonyl (C=O) groups is 3. The minimum atomic E-state index is -0.614. The van der Waals surface area contributed by atoms with Crippen LogP contribution in [0.25, 0.3) is 0 Å². The van der Waals surface area contributed by atoms with Gasteiger partial charge >= 0.3 is 6.09 Å². The van der Waals surface area contributed by atoms with Crippen molar-refractivity contribution in [2.75, 3.05) is 36.5 Å². The molecule has 158 valence electrons. The van der Waals surface area contributed by atoms with Gasteiger partial charge in [0, 0.05) is 24.5 Å². The number of hydrogen-bond donors (Lipinski definition) is 1. The van der Waals surface area contributed by atoms with E-state index in [1.807, 2.05) is 6.92 Å². The molecule has 2 heterocycles. The van der Waals surface area contributed by atoms with Crippen molar-refractivity contribution in [3.63, 3.8) is 0 Å². The van der Waals surface area contributed by atoms with Gasteiger partial charge in [-0.25, -0.2) is 4.79 Å². The van der Waals surface area contributed by atoms with Gasteiger partial charge in [0.2, 0.25) is 5.91 Å². The quantitative estimate of drug-likeness (QED) is 0.838. The van der Waals surface area contributed by atoms with Crippen LogP contribution < -0.4 is 10.2 Å². The Hall–Kier alpha value is -2.61. The molecule has 29 heavy (non-hydrogen) atoms. The van der Waals surface area contributed by atoms with Crippen LogP contribution in [0.5, 0.6) is 0 Å². The molecule has 1 N–H and O–H groups in total. The van der Waals surface area contributed by atoms with Crippen LogP contribution in [-0.2, 0) is 19.1 Å². The normalized spacial score (nSPS) is 22.6.